The van der Waals surface area contributed by atoms with Gasteiger partial charge in [-0.15, -0.1) is 0 Å². The second-order valence-electron chi connectivity index (χ2n) is 3.64. The van der Waals surface area contributed by atoms with E-state index in [1.165, 1.54) is 4.90 Å². The number of hydrogen-bond donors (Lipinski definition) is 1. The number of halogens is 1. The summed E-state index contributed by atoms with van der Waals surface area (Å²) in [6.07, 6.45) is 1.31. The molecule has 1 aromatic carbocycles. The summed E-state index contributed by atoms with van der Waals surface area (Å²) < 4.78 is 0.874. The SMILES string of the molecule is CCCN(C=O)C(C(=O)O)c1ccc(Br)cc1. The van der Waals surface area contributed by atoms with Gasteiger partial charge in [-0.05, 0) is 24.1 Å². The van der Waals surface area contributed by atoms with Crippen molar-refractivity contribution in [3.8, 4) is 0 Å². The van der Waals surface area contributed by atoms with Crippen molar-refractivity contribution in [1.29, 1.82) is 0 Å². The van der Waals surface area contributed by atoms with E-state index in [-0.39, 0.29) is 0 Å². The number of carboxylic acid groups (broad SMARTS) is 1. The smallest absolute Gasteiger partial charge is 0.331 e. The number of aliphatic carboxylic acids is 1. The van der Waals surface area contributed by atoms with Crippen LogP contribution in [0.15, 0.2) is 28.7 Å². The van der Waals surface area contributed by atoms with E-state index < -0.39 is 12.0 Å². The summed E-state index contributed by atoms with van der Waals surface area (Å²) in [7, 11) is 0. The minimum Gasteiger partial charge on any atom is -0.479 e. The van der Waals surface area contributed by atoms with Crippen molar-refractivity contribution < 1.29 is 14.7 Å². The number of rotatable bonds is 6. The van der Waals surface area contributed by atoms with Gasteiger partial charge in [-0.1, -0.05) is 35.0 Å². The summed E-state index contributed by atoms with van der Waals surface area (Å²) in [5.74, 6) is -1.02. The number of carboxylic acids is 1. The minimum atomic E-state index is -1.02. The van der Waals surface area contributed by atoms with Crippen molar-refractivity contribution in [2.24, 2.45) is 0 Å². The highest BCUT2D eigenvalue weighted by Crippen LogP contribution is 2.22. The van der Waals surface area contributed by atoms with Crippen LogP contribution in [0, 0.1) is 0 Å². The van der Waals surface area contributed by atoms with Gasteiger partial charge in [-0.25, -0.2) is 4.79 Å². The molecule has 1 unspecified atom stereocenters. The van der Waals surface area contributed by atoms with Gasteiger partial charge in [0.2, 0.25) is 6.41 Å². The molecule has 92 valence electrons. The first-order chi connectivity index (χ1) is 8.10. The Balaban J connectivity index is 3.03. The van der Waals surface area contributed by atoms with Crippen LogP contribution in [0.5, 0.6) is 0 Å². The van der Waals surface area contributed by atoms with E-state index in [0.29, 0.717) is 18.5 Å². The molecule has 1 rings (SSSR count). The molecule has 0 aromatic heterocycles. The number of carbonyl (C=O) groups is 2. The van der Waals surface area contributed by atoms with E-state index in [0.717, 1.165) is 10.9 Å². The van der Waals surface area contributed by atoms with Crippen molar-refractivity contribution in [3.63, 3.8) is 0 Å². The number of carbonyl (C=O) groups excluding carboxylic acids is 1. The van der Waals surface area contributed by atoms with Gasteiger partial charge >= 0.3 is 5.97 Å². The molecule has 0 bridgehead atoms. The van der Waals surface area contributed by atoms with E-state index in [9.17, 15) is 14.7 Å². The summed E-state index contributed by atoms with van der Waals surface area (Å²) in [4.78, 5) is 23.5. The standard InChI is InChI=1S/C12H14BrNO3/c1-2-7-14(8-15)11(12(16)17)9-3-5-10(13)6-4-9/h3-6,8,11H,2,7H2,1H3,(H,16,17). The van der Waals surface area contributed by atoms with Crippen molar-refractivity contribution in [2.45, 2.75) is 19.4 Å². The fourth-order valence-electron chi connectivity index (χ4n) is 1.62. The Labute approximate surface area is 108 Å². The van der Waals surface area contributed by atoms with Crippen LogP contribution in [-0.2, 0) is 9.59 Å². The van der Waals surface area contributed by atoms with Gasteiger partial charge in [0.1, 0.15) is 0 Å². The van der Waals surface area contributed by atoms with E-state index in [2.05, 4.69) is 15.9 Å². The maximum atomic E-state index is 11.2. The molecule has 0 fully saturated rings. The molecular formula is C12H14BrNO3. The lowest BCUT2D eigenvalue weighted by atomic mass is 10.1. The lowest BCUT2D eigenvalue weighted by molar-refractivity contribution is -0.146. The average Bonchev–Trinajstić information content (AvgIpc) is 2.30. The largest absolute Gasteiger partial charge is 0.479 e. The lowest BCUT2D eigenvalue weighted by Gasteiger charge is -2.24. The highest BCUT2D eigenvalue weighted by atomic mass is 79.9. The Morgan fingerprint density at radius 1 is 1.47 bits per heavy atom. The van der Waals surface area contributed by atoms with Crippen molar-refractivity contribution in [1.82, 2.24) is 4.90 Å². The van der Waals surface area contributed by atoms with Crippen LogP contribution in [0.2, 0.25) is 0 Å². The summed E-state index contributed by atoms with van der Waals surface area (Å²) in [5.41, 5.74) is 0.598. The zero-order chi connectivity index (χ0) is 12.8. The van der Waals surface area contributed by atoms with Crippen LogP contribution in [0.3, 0.4) is 0 Å². The molecule has 1 N–H and O–H groups in total. The van der Waals surface area contributed by atoms with Crippen LogP contribution in [0.1, 0.15) is 24.9 Å². The zero-order valence-corrected chi connectivity index (χ0v) is 11.1. The van der Waals surface area contributed by atoms with Crippen LogP contribution >= 0.6 is 15.9 Å². The van der Waals surface area contributed by atoms with Crippen molar-refractivity contribution >= 4 is 28.3 Å². The molecule has 0 saturated heterocycles. The normalized spacial score (nSPS) is 11.9. The van der Waals surface area contributed by atoms with Gasteiger partial charge in [0, 0.05) is 11.0 Å². The molecule has 0 spiro atoms. The topological polar surface area (TPSA) is 57.6 Å². The van der Waals surface area contributed by atoms with Gasteiger partial charge in [0.25, 0.3) is 0 Å². The van der Waals surface area contributed by atoms with E-state index in [4.69, 9.17) is 0 Å². The summed E-state index contributed by atoms with van der Waals surface area (Å²) in [5, 5.41) is 9.21. The monoisotopic (exact) mass is 299 g/mol. The molecule has 0 aliphatic carbocycles. The first-order valence-electron chi connectivity index (χ1n) is 5.29. The van der Waals surface area contributed by atoms with E-state index in [1.807, 2.05) is 6.92 Å². The molecule has 4 nitrogen and oxygen atoms in total. The van der Waals surface area contributed by atoms with Crippen LogP contribution < -0.4 is 0 Å². The highest BCUT2D eigenvalue weighted by Gasteiger charge is 2.25. The second kappa shape index (κ2) is 6.39. The first-order valence-corrected chi connectivity index (χ1v) is 6.08. The molecule has 0 saturated carbocycles. The van der Waals surface area contributed by atoms with E-state index >= 15 is 0 Å². The number of hydrogen-bond acceptors (Lipinski definition) is 2. The molecule has 0 radical (unpaired) electrons. The van der Waals surface area contributed by atoms with Crippen LogP contribution in [0.4, 0.5) is 0 Å². The summed E-state index contributed by atoms with van der Waals surface area (Å²) >= 11 is 3.29. The van der Waals surface area contributed by atoms with Crippen molar-refractivity contribution in [2.75, 3.05) is 6.54 Å². The summed E-state index contributed by atoms with van der Waals surface area (Å²) in [6.45, 7) is 2.33. The first kappa shape index (κ1) is 13.7. The predicted octanol–water partition coefficient (Wildman–Crippen LogP) is 2.44. The highest BCUT2D eigenvalue weighted by molar-refractivity contribution is 9.10. The number of amides is 1. The van der Waals surface area contributed by atoms with Gasteiger partial charge in [-0.3, -0.25) is 4.79 Å². The molecular weight excluding hydrogens is 286 g/mol. The average molecular weight is 300 g/mol. The van der Waals surface area contributed by atoms with Gasteiger partial charge < -0.3 is 10.0 Å². The Bertz CT molecular complexity index is 391. The molecule has 1 aromatic rings. The molecule has 1 amide bonds. The third kappa shape index (κ3) is 3.56. The number of benzene rings is 1. The minimum absolute atomic E-state index is 0.427. The Morgan fingerprint density at radius 2 is 2.06 bits per heavy atom. The van der Waals surface area contributed by atoms with Crippen LogP contribution in [-0.4, -0.2) is 28.9 Å². The molecule has 0 aliphatic heterocycles. The third-order valence-corrected chi connectivity index (χ3v) is 2.90. The quantitative estimate of drug-likeness (QED) is 0.821. The molecule has 17 heavy (non-hydrogen) atoms. The fraction of sp³-hybridized carbons (Fsp3) is 0.333. The van der Waals surface area contributed by atoms with E-state index in [1.54, 1.807) is 24.3 Å². The molecule has 1 atom stereocenters. The van der Waals surface area contributed by atoms with Crippen LogP contribution in [0.25, 0.3) is 0 Å². The lowest BCUT2D eigenvalue weighted by Crippen LogP contribution is -2.33. The summed E-state index contributed by atoms with van der Waals surface area (Å²) in [6, 6.07) is 6.02. The second-order valence-corrected chi connectivity index (χ2v) is 4.55. The Kier molecular flexibility index (Phi) is 5.15. The Hall–Kier alpha value is -1.36. The fourth-order valence-corrected chi connectivity index (χ4v) is 1.89. The molecule has 0 aliphatic rings. The Morgan fingerprint density at radius 3 is 2.47 bits per heavy atom. The molecule has 5 heteroatoms. The van der Waals surface area contributed by atoms with Gasteiger partial charge in [0.05, 0.1) is 0 Å². The maximum Gasteiger partial charge on any atom is 0.331 e. The van der Waals surface area contributed by atoms with Gasteiger partial charge in [-0.2, -0.15) is 0 Å². The van der Waals surface area contributed by atoms with Gasteiger partial charge in [0.15, 0.2) is 6.04 Å². The third-order valence-electron chi connectivity index (χ3n) is 2.37. The predicted molar refractivity (Wildman–Crippen MR) is 67.6 cm³/mol. The van der Waals surface area contributed by atoms with Crippen molar-refractivity contribution in [3.05, 3.63) is 34.3 Å². The number of nitrogens with zero attached hydrogens (tertiary/aromatic N) is 1. The molecule has 0 heterocycles. The zero-order valence-electron chi connectivity index (χ0n) is 9.47. The maximum absolute atomic E-state index is 11.2.